The lowest BCUT2D eigenvalue weighted by molar-refractivity contribution is 0.0717. The third-order valence-electron chi connectivity index (χ3n) is 5.79. The summed E-state index contributed by atoms with van der Waals surface area (Å²) in [5, 5.41) is 12.7. The number of methoxy groups -OCH3 is 2. The van der Waals surface area contributed by atoms with Crippen LogP contribution in [0.15, 0.2) is 60.7 Å². The maximum Gasteiger partial charge on any atom is 0.161 e. The van der Waals surface area contributed by atoms with Crippen LogP contribution in [0.3, 0.4) is 0 Å². The lowest BCUT2D eigenvalue weighted by Gasteiger charge is -2.22. The summed E-state index contributed by atoms with van der Waals surface area (Å²) in [5.74, 6) is 1.67. The molecule has 1 aliphatic rings. The highest BCUT2D eigenvalue weighted by molar-refractivity contribution is 5.85. The van der Waals surface area contributed by atoms with E-state index in [0.717, 1.165) is 12.0 Å². The van der Waals surface area contributed by atoms with Crippen LogP contribution in [0.4, 0.5) is 0 Å². The molecule has 1 saturated heterocycles. The monoisotopic (exact) mass is 378 g/mol. The van der Waals surface area contributed by atoms with Crippen LogP contribution in [-0.2, 0) is 11.2 Å². The van der Waals surface area contributed by atoms with E-state index in [2.05, 4.69) is 42.5 Å². The van der Waals surface area contributed by atoms with Gasteiger partial charge in [0.25, 0.3) is 0 Å². The molecule has 4 rings (SSSR count). The first kappa shape index (κ1) is 18.8. The molecule has 4 nitrogen and oxygen atoms in total. The summed E-state index contributed by atoms with van der Waals surface area (Å²) in [4.78, 5) is 0. The molecule has 1 aliphatic heterocycles. The molecular weight excluding hydrogens is 352 g/mol. The van der Waals surface area contributed by atoms with E-state index in [9.17, 15) is 5.11 Å². The van der Waals surface area contributed by atoms with E-state index in [1.807, 2.05) is 18.2 Å². The molecule has 3 aromatic carbocycles. The first-order valence-corrected chi connectivity index (χ1v) is 9.66. The van der Waals surface area contributed by atoms with Crippen LogP contribution in [-0.4, -0.2) is 32.5 Å². The topological polar surface area (TPSA) is 47.9 Å². The first-order valence-electron chi connectivity index (χ1n) is 9.66. The predicted octanol–water partition coefficient (Wildman–Crippen LogP) is 4.40. The van der Waals surface area contributed by atoms with Crippen molar-refractivity contribution < 1.29 is 19.3 Å². The Hall–Kier alpha value is -2.56. The van der Waals surface area contributed by atoms with Crippen LogP contribution in [0.2, 0.25) is 0 Å². The highest BCUT2D eigenvalue weighted by Crippen LogP contribution is 2.42. The van der Waals surface area contributed by atoms with Crippen molar-refractivity contribution >= 4 is 10.8 Å². The van der Waals surface area contributed by atoms with Crippen molar-refractivity contribution in [2.24, 2.45) is 11.8 Å². The number of aliphatic hydroxyl groups excluding tert-OH is 1. The minimum absolute atomic E-state index is 0.0390. The van der Waals surface area contributed by atoms with E-state index >= 15 is 0 Å². The Morgan fingerprint density at radius 2 is 1.75 bits per heavy atom. The molecule has 28 heavy (non-hydrogen) atoms. The zero-order valence-corrected chi connectivity index (χ0v) is 16.3. The van der Waals surface area contributed by atoms with Crippen molar-refractivity contribution in [3.63, 3.8) is 0 Å². The smallest absolute Gasteiger partial charge is 0.161 e. The zero-order chi connectivity index (χ0) is 19.5. The second-order valence-electron chi connectivity index (χ2n) is 7.32. The van der Waals surface area contributed by atoms with Gasteiger partial charge in [0.1, 0.15) is 0 Å². The van der Waals surface area contributed by atoms with Gasteiger partial charge in [0.2, 0.25) is 0 Å². The van der Waals surface area contributed by atoms with Crippen molar-refractivity contribution in [3.05, 3.63) is 71.8 Å². The fraction of sp³-hybridized carbons (Fsp3) is 0.333. The van der Waals surface area contributed by atoms with Gasteiger partial charge in [-0.1, -0.05) is 48.5 Å². The van der Waals surface area contributed by atoms with E-state index < -0.39 is 0 Å². The van der Waals surface area contributed by atoms with Gasteiger partial charge in [0.05, 0.1) is 26.9 Å². The standard InChI is InChI=1S/C24H26O4/c1-26-22-11-10-18(13-23(22)27-2)24-21(14-25)19(15-28-24)12-17-8-5-7-16-6-3-4-9-20(16)17/h3-11,13,19,21,24-25H,12,14-15H2,1-2H3/t19-,21-,24+/m0/s1. The zero-order valence-electron chi connectivity index (χ0n) is 16.3. The Bertz CT molecular complexity index is 947. The maximum atomic E-state index is 10.2. The number of aliphatic hydroxyl groups is 1. The Morgan fingerprint density at radius 3 is 2.54 bits per heavy atom. The van der Waals surface area contributed by atoms with E-state index in [1.165, 1.54) is 16.3 Å². The molecule has 0 saturated carbocycles. The number of hydrogen-bond donors (Lipinski definition) is 1. The molecule has 0 radical (unpaired) electrons. The third-order valence-corrected chi connectivity index (χ3v) is 5.79. The lowest BCUT2D eigenvalue weighted by Crippen LogP contribution is -2.21. The van der Waals surface area contributed by atoms with Gasteiger partial charge in [-0.3, -0.25) is 0 Å². The molecule has 0 spiro atoms. The van der Waals surface area contributed by atoms with Gasteiger partial charge in [-0.25, -0.2) is 0 Å². The fourth-order valence-electron chi connectivity index (χ4n) is 4.30. The molecule has 1 fully saturated rings. The van der Waals surface area contributed by atoms with Gasteiger partial charge in [0, 0.05) is 12.5 Å². The summed E-state index contributed by atoms with van der Waals surface area (Å²) < 4.78 is 16.9. The van der Waals surface area contributed by atoms with Gasteiger partial charge in [-0.15, -0.1) is 0 Å². The normalized spacial score (nSPS) is 21.8. The summed E-state index contributed by atoms with van der Waals surface area (Å²) in [7, 11) is 3.25. The van der Waals surface area contributed by atoms with Crippen molar-refractivity contribution in [3.8, 4) is 11.5 Å². The number of hydrogen-bond acceptors (Lipinski definition) is 4. The molecular formula is C24H26O4. The Kier molecular flexibility index (Phi) is 5.51. The molecule has 1 N–H and O–H groups in total. The van der Waals surface area contributed by atoms with Gasteiger partial charge < -0.3 is 19.3 Å². The second-order valence-corrected chi connectivity index (χ2v) is 7.32. The van der Waals surface area contributed by atoms with E-state index in [4.69, 9.17) is 14.2 Å². The molecule has 0 amide bonds. The summed E-state index contributed by atoms with van der Waals surface area (Å²) in [6.07, 6.45) is 0.737. The Balaban J connectivity index is 1.59. The molecule has 0 aromatic heterocycles. The highest BCUT2D eigenvalue weighted by Gasteiger charge is 2.38. The summed E-state index contributed by atoms with van der Waals surface area (Å²) in [5.41, 5.74) is 2.32. The lowest BCUT2D eigenvalue weighted by atomic mass is 9.83. The van der Waals surface area contributed by atoms with Gasteiger partial charge in [-0.05, 0) is 46.4 Å². The van der Waals surface area contributed by atoms with Gasteiger partial charge in [0.15, 0.2) is 11.5 Å². The van der Waals surface area contributed by atoms with E-state index in [-0.39, 0.29) is 24.5 Å². The molecule has 146 valence electrons. The molecule has 4 heteroatoms. The van der Waals surface area contributed by atoms with Crippen molar-refractivity contribution in [1.29, 1.82) is 0 Å². The maximum absolute atomic E-state index is 10.2. The second kappa shape index (κ2) is 8.21. The average Bonchev–Trinajstić information content (AvgIpc) is 3.16. The van der Waals surface area contributed by atoms with Crippen LogP contribution >= 0.6 is 0 Å². The quantitative estimate of drug-likeness (QED) is 0.691. The summed E-state index contributed by atoms with van der Waals surface area (Å²) in [6.45, 7) is 0.724. The molecule has 0 bridgehead atoms. The molecule has 0 unspecified atom stereocenters. The number of fused-ring (bicyclic) bond motifs is 1. The van der Waals surface area contributed by atoms with Gasteiger partial charge >= 0.3 is 0 Å². The fourth-order valence-corrected chi connectivity index (χ4v) is 4.30. The summed E-state index contributed by atoms with van der Waals surface area (Å²) in [6, 6.07) is 20.7. The molecule has 1 heterocycles. The first-order chi connectivity index (χ1) is 13.7. The summed E-state index contributed by atoms with van der Waals surface area (Å²) >= 11 is 0. The Morgan fingerprint density at radius 1 is 0.964 bits per heavy atom. The third kappa shape index (κ3) is 3.46. The molecule has 0 aliphatic carbocycles. The van der Waals surface area contributed by atoms with E-state index in [0.29, 0.717) is 18.1 Å². The van der Waals surface area contributed by atoms with Crippen LogP contribution in [0.5, 0.6) is 11.5 Å². The van der Waals surface area contributed by atoms with Gasteiger partial charge in [-0.2, -0.15) is 0 Å². The molecule has 3 atom stereocenters. The average molecular weight is 378 g/mol. The minimum Gasteiger partial charge on any atom is -0.493 e. The molecule has 3 aromatic rings. The van der Waals surface area contributed by atoms with Crippen molar-refractivity contribution in [1.82, 2.24) is 0 Å². The largest absolute Gasteiger partial charge is 0.493 e. The van der Waals surface area contributed by atoms with Crippen LogP contribution in [0, 0.1) is 11.8 Å². The number of benzene rings is 3. The van der Waals surface area contributed by atoms with Crippen molar-refractivity contribution in [2.75, 3.05) is 27.4 Å². The number of ether oxygens (including phenoxy) is 3. The van der Waals surface area contributed by atoms with Crippen LogP contribution in [0.25, 0.3) is 10.8 Å². The van der Waals surface area contributed by atoms with Crippen molar-refractivity contribution in [2.45, 2.75) is 12.5 Å². The Labute approximate surface area is 165 Å². The predicted molar refractivity (Wildman–Crippen MR) is 110 cm³/mol. The van der Waals surface area contributed by atoms with Crippen LogP contribution < -0.4 is 9.47 Å². The SMILES string of the molecule is COc1ccc([C@H]2OC[C@H](Cc3cccc4ccccc34)[C@@H]2CO)cc1OC. The van der Waals surface area contributed by atoms with Crippen LogP contribution in [0.1, 0.15) is 17.2 Å². The minimum atomic E-state index is -0.148. The highest BCUT2D eigenvalue weighted by atomic mass is 16.5. The number of rotatable bonds is 6. The van der Waals surface area contributed by atoms with E-state index in [1.54, 1.807) is 14.2 Å².